The Morgan fingerprint density at radius 1 is 1.42 bits per heavy atom. The lowest BCUT2D eigenvalue weighted by Gasteiger charge is -2.25. The van der Waals surface area contributed by atoms with Gasteiger partial charge in [0.15, 0.2) is 0 Å². The zero-order valence-corrected chi connectivity index (χ0v) is 12.0. The van der Waals surface area contributed by atoms with Crippen LogP contribution in [0.15, 0.2) is 0 Å². The monoisotopic (exact) mass is 270 g/mol. The zero-order valence-electron chi connectivity index (χ0n) is 12.0. The molecular formula is C14H26N2O3. The molecule has 2 aliphatic rings. The van der Waals surface area contributed by atoms with Crippen molar-refractivity contribution in [3.05, 3.63) is 0 Å². The molecule has 5 nitrogen and oxygen atoms in total. The number of hydrogen-bond acceptors (Lipinski definition) is 4. The summed E-state index contributed by atoms with van der Waals surface area (Å²) >= 11 is 0. The van der Waals surface area contributed by atoms with Gasteiger partial charge in [-0.3, -0.25) is 4.79 Å². The van der Waals surface area contributed by atoms with E-state index in [2.05, 4.69) is 24.5 Å². The van der Waals surface area contributed by atoms with Crippen molar-refractivity contribution in [2.75, 3.05) is 32.9 Å². The van der Waals surface area contributed by atoms with Crippen LogP contribution in [0.4, 0.5) is 0 Å². The number of carbonyl (C=O) groups is 1. The smallest absolute Gasteiger partial charge is 0.227 e. The fourth-order valence-electron chi connectivity index (χ4n) is 2.73. The number of nitrogens with one attached hydrogen (secondary N) is 2. The Bertz CT molecular complexity index is 303. The molecule has 0 aromatic rings. The lowest BCUT2D eigenvalue weighted by Crippen LogP contribution is -2.48. The van der Waals surface area contributed by atoms with Crippen LogP contribution in [0.1, 0.15) is 33.1 Å². The number of amides is 1. The van der Waals surface area contributed by atoms with Crippen LogP contribution in [-0.2, 0) is 14.3 Å². The van der Waals surface area contributed by atoms with Crippen molar-refractivity contribution in [3.8, 4) is 0 Å². The highest BCUT2D eigenvalue weighted by Crippen LogP contribution is 2.24. The zero-order chi connectivity index (χ0) is 13.7. The van der Waals surface area contributed by atoms with Crippen molar-refractivity contribution in [1.82, 2.24) is 10.6 Å². The van der Waals surface area contributed by atoms with Gasteiger partial charge in [-0.1, -0.05) is 6.92 Å². The quantitative estimate of drug-likeness (QED) is 0.745. The van der Waals surface area contributed by atoms with Gasteiger partial charge < -0.3 is 20.1 Å². The second-order valence-electron chi connectivity index (χ2n) is 5.82. The van der Waals surface area contributed by atoms with Gasteiger partial charge >= 0.3 is 0 Å². The van der Waals surface area contributed by atoms with Gasteiger partial charge in [0, 0.05) is 19.2 Å². The van der Waals surface area contributed by atoms with E-state index in [0.717, 1.165) is 32.4 Å². The van der Waals surface area contributed by atoms with E-state index in [1.165, 1.54) is 0 Å². The molecule has 2 saturated heterocycles. The first-order valence-electron chi connectivity index (χ1n) is 7.37. The van der Waals surface area contributed by atoms with Crippen LogP contribution in [0.2, 0.25) is 0 Å². The van der Waals surface area contributed by atoms with E-state index in [-0.39, 0.29) is 23.5 Å². The molecule has 0 aliphatic carbocycles. The summed E-state index contributed by atoms with van der Waals surface area (Å²) in [5.74, 6) is 0.0133. The van der Waals surface area contributed by atoms with E-state index in [4.69, 9.17) is 9.47 Å². The van der Waals surface area contributed by atoms with E-state index >= 15 is 0 Å². The molecule has 2 N–H and O–H groups in total. The Balaban J connectivity index is 1.78. The van der Waals surface area contributed by atoms with Gasteiger partial charge in [-0.25, -0.2) is 0 Å². The Labute approximate surface area is 115 Å². The minimum absolute atomic E-state index is 0.0726. The molecule has 2 heterocycles. The summed E-state index contributed by atoms with van der Waals surface area (Å²) in [6.45, 7) is 7.67. The number of rotatable bonds is 6. The molecule has 2 rings (SSSR count). The Hall–Kier alpha value is -0.650. The summed E-state index contributed by atoms with van der Waals surface area (Å²) in [6.07, 6.45) is 3.17. The third kappa shape index (κ3) is 3.91. The highest BCUT2D eigenvalue weighted by molar-refractivity contribution is 5.80. The molecule has 0 saturated carbocycles. The molecule has 1 amide bonds. The highest BCUT2D eigenvalue weighted by Gasteiger charge is 2.36. The maximum atomic E-state index is 12.2. The Morgan fingerprint density at radius 2 is 2.26 bits per heavy atom. The van der Waals surface area contributed by atoms with Gasteiger partial charge in [-0.2, -0.15) is 0 Å². The minimum atomic E-state index is -0.179. The van der Waals surface area contributed by atoms with Crippen LogP contribution >= 0.6 is 0 Å². The first-order chi connectivity index (χ1) is 9.14. The molecule has 3 unspecified atom stereocenters. The van der Waals surface area contributed by atoms with Crippen molar-refractivity contribution >= 4 is 5.91 Å². The number of ether oxygens (including phenoxy) is 2. The van der Waals surface area contributed by atoms with Crippen LogP contribution < -0.4 is 10.6 Å². The fraction of sp³-hybridized carbons (Fsp3) is 0.929. The fourth-order valence-corrected chi connectivity index (χ4v) is 2.73. The van der Waals surface area contributed by atoms with Gasteiger partial charge in [-0.05, 0) is 32.7 Å². The summed E-state index contributed by atoms with van der Waals surface area (Å²) in [6, 6.07) is 0.150. The van der Waals surface area contributed by atoms with Crippen LogP contribution in [0.25, 0.3) is 0 Å². The molecule has 0 radical (unpaired) electrons. The first kappa shape index (κ1) is 14.8. The SMILES string of the molecule is CCCNC1COCC1C(=O)NCC1(C)CCCO1. The second kappa shape index (κ2) is 6.68. The normalized spacial score (nSPS) is 34.6. The molecule has 5 heteroatoms. The lowest BCUT2D eigenvalue weighted by molar-refractivity contribution is -0.126. The summed E-state index contributed by atoms with van der Waals surface area (Å²) in [4.78, 5) is 12.2. The summed E-state index contributed by atoms with van der Waals surface area (Å²) in [5.41, 5.74) is -0.179. The molecule has 2 fully saturated rings. The molecule has 3 atom stereocenters. The van der Waals surface area contributed by atoms with Crippen molar-refractivity contribution in [2.24, 2.45) is 5.92 Å². The minimum Gasteiger partial charge on any atom is -0.379 e. The van der Waals surface area contributed by atoms with Crippen molar-refractivity contribution in [3.63, 3.8) is 0 Å². The molecule has 2 aliphatic heterocycles. The van der Waals surface area contributed by atoms with Gasteiger partial charge in [0.05, 0.1) is 24.7 Å². The van der Waals surface area contributed by atoms with E-state index in [1.54, 1.807) is 0 Å². The van der Waals surface area contributed by atoms with Crippen molar-refractivity contribution in [2.45, 2.75) is 44.8 Å². The number of hydrogen-bond donors (Lipinski definition) is 2. The maximum absolute atomic E-state index is 12.2. The average molecular weight is 270 g/mol. The molecule has 19 heavy (non-hydrogen) atoms. The molecule has 0 spiro atoms. The molecule has 0 aromatic heterocycles. The third-order valence-electron chi connectivity index (χ3n) is 4.01. The summed E-state index contributed by atoms with van der Waals surface area (Å²) in [5, 5.41) is 6.41. The van der Waals surface area contributed by atoms with E-state index in [9.17, 15) is 4.79 Å². The second-order valence-corrected chi connectivity index (χ2v) is 5.82. The van der Waals surface area contributed by atoms with Crippen molar-refractivity contribution < 1.29 is 14.3 Å². The largest absolute Gasteiger partial charge is 0.379 e. The third-order valence-corrected chi connectivity index (χ3v) is 4.01. The average Bonchev–Trinajstić information content (AvgIpc) is 3.03. The molecular weight excluding hydrogens is 244 g/mol. The predicted octanol–water partition coefficient (Wildman–Crippen LogP) is 0.686. The van der Waals surface area contributed by atoms with E-state index in [1.807, 2.05) is 0 Å². The molecule has 0 bridgehead atoms. The van der Waals surface area contributed by atoms with Gasteiger partial charge in [0.1, 0.15) is 0 Å². The standard InChI is InChI=1S/C14H26N2O3/c1-3-6-15-12-9-18-8-11(12)13(17)16-10-14(2)5-4-7-19-14/h11-12,15H,3-10H2,1-2H3,(H,16,17). The topological polar surface area (TPSA) is 59.6 Å². The Kier molecular flexibility index (Phi) is 5.19. The molecule has 110 valence electrons. The first-order valence-corrected chi connectivity index (χ1v) is 7.37. The van der Waals surface area contributed by atoms with Crippen LogP contribution in [0, 0.1) is 5.92 Å². The van der Waals surface area contributed by atoms with E-state index < -0.39 is 0 Å². The van der Waals surface area contributed by atoms with Crippen molar-refractivity contribution in [1.29, 1.82) is 0 Å². The van der Waals surface area contributed by atoms with Gasteiger partial charge in [0.2, 0.25) is 5.91 Å². The van der Waals surface area contributed by atoms with Crippen LogP contribution in [-0.4, -0.2) is 50.5 Å². The number of carbonyl (C=O) groups excluding carboxylic acids is 1. The van der Waals surface area contributed by atoms with Crippen LogP contribution in [0.3, 0.4) is 0 Å². The lowest BCUT2D eigenvalue weighted by atomic mass is 10.00. The van der Waals surface area contributed by atoms with Crippen LogP contribution in [0.5, 0.6) is 0 Å². The highest BCUT2D eigenvalue weighted by atomic mass is 16.5. The van der Waals surface area contributed by atoms with Gasteiger partial charge in [-0.15, -0.1) is 0 Å². The van der Waals surface area contributed by atoms with E-state index in [0.29, 0.717) is 19.8 Å². The maximum Gasteiger partial charge on any atom is 0.227 e. The predicted molar refractivity (Wildman–Crippen MR) is 73.0 cm³/mol. The summed E-state index contributed by atoms with van der Waals surface area (Å²) < 4.78 is 11.1. The summed E-state index contributed by atoms with van der Waals surface area (Å²) in [7, 11) is 0. The van der Waals surface area contributed by atoms with Gasteiger partial charge in [0.25, 0.3) is 0 Å². The molecule has 0 aromatic carbocycles. The Morgan fingerprint density at radius 3 is 2.95 bits per heavy atom.